The molecule has 0 spiro atoms. The second-order valence-electron chi connectivity index (χ2n) is 4.63. The van der Waals surface area contributed by atoms with Gasteiger partial charge in [0.25, 0.3) is 0 Å². The van der Waals surface area contributed by atoms with Crippen molar-refractivity contribution in [3.63, 3.8) is 0 Å². The number of nitrogens with one attached hydrogen (secondary N) is 2. The summed E-state index contributed by atoms with van der Waals surface area (Å²) >= 11 is 7.08. The molecule has 0 unspecified atom stereocenters. The number of thiophene rings is 1. The van der Waals surface area contributed by atoms with Gasteiger partial charge >= 0.3 is 0 Å². The van der Waals surface area contributed by atoms with Crippen molar-refractivity contribution in [2.24, 2.45) is 0 Å². The fraction of sp³-hybridized carbons (Fsp3) is 0.267. The standard InChI is InChI=1S/C15H18N2S2/c1-10-6-7-13(9-11(10)2)17-15(18)16-12(3)14-5-4-8-19-14/h4-9,12H,1-3H3,(H2,16,17,18)/t12-/m0/s1. The van der Waals surface area contributed by atoms with Crippen LogP contribution in [0.15, 0.2) is 35.7 Å². The lowest BCUT2D eigenvalue weighted by Gasteiger charge is -2.16. The van der Waals surface area contributed by atoms with Gasteiger partial charge in [0, 0.05) is 10.6 Å². The van der Waals surface area contributed by atoms with Gasteiger partial charge in [0.1, 0.15) is 0 Å². The molecule has 2 N–H and O–H groups in total. The van der Waals surface area contributed by atoms with Crippen LogP contribution < -0.4 is 10.6 Å². The fourth-order valence-corrected chi connectivity index (χ4v) is 2.82. The van der Waals surface area contributed by atoms with Crippen LogP contribution in [-0.2, 0) is 0 Å². The summed E-state index contributed by atoms with van der Waals surface area (Å²) in [5.74, 6) is 0. The number of anilines is 1. The summed E-state index contributed by atoms with van der Waals surface area (Å²) in [4.78, 5) is 1.28. The van der Waals surface area contributed by atoms with Gasteiger partial charge in [-0.1, -0.05) is 12.1 Å². The van der Waals surface area contributed by atoms with Crippen LogP contribution in [0.2, 0.25) is 0 Å². The lowest BCUT2D eigenvalue weighted by Crippen LogP contribution is -2.30. The molecule has 1 atom stereocenters. The molecule has 1 aromatic heterocycles. The average molecular weight is 290 g/mol. The molecule has 1 heterocycles. The highest BCUT2D eigenvalue weighted by Gasteiger charge is 2.07. The third kappa shape index (κ3) is 3.78. The summed E-state index contributed by atoms with van der Waals surface area (Å²) in [5.41, 5.74) is 3.58. The van der Waals surface area contributed by atoms with E-state index in [1.807, 2.05) is 6.07 Å². The maximum atomic E-state index is 5.34. The maximum Gasteiger partial charge on any atom is 0.171 e. The van der Waals surface area contributed by atoms with Crippen LogP contribution in [0, 0.1) is 13.8 Å². The number of aryl methyl sites for hydroxylation is 2. The molecule has 0 aliphatic rings. The number of hydrogen-bond acceptors (Lipinski definition) is 2. The lowest BCUT2D eigenvalue weighted by molar-refractivity contribution is 0.737. The molecule has 0 amide bonds. The Morgan fingerprint density at radius 2 is 2.00 bits per heavy atom. The molecular weight excluding hydrogens is 272 g/mol. The van der Waals surface area contributed by atoms with E-state index >= 15 is 0 Å². The molecule has 0 aliphatic heterocycles. The van der Waals surface area contributed by atoms with Gasteiger partial charge in [-0.3, -0.25) is 0 Å². The predicted molar refractivity (Wildman–Crippen MR) is 88.0 cm³/mol. The Morgan fingerprint density at radius 1 is 1.21 bits per heavy atom. The highest BCUT2D eigenvalue weighted by molar-refractivity contribution is 7.80. The monoisotopic (exact) mass is 290 g/mol. The highest BCUT2D eigenvalue weighted by atomic mass is 32.1. The van der Waals surface area contributed by atoms with Gasteiger partial charge in [-0.15, -0.1) is 11.3 Å². The van der Waals surface area contributed by atoms with Gasteiger partial charge in [0.2, 0.25) is 0 Å². The third-order valence-electron chi connectivity index (χ3n) is 3.08. The molecule has 1 aromatic carbocycles. The van der Waals surface area contributed by atoms with Crippen molar-refractivity contribution in [3.05, 3.63) is 51.7 Å². The van der Waals surface area contributed by atoms with Crippen molar-refractivity contribution in [1.82, 2.24) is 5.32 Å². The molecule has 0 fully saturated rings. The number of rotatable bonds is 3. The Kier molecular flexibility index (Phi) is 4.56. The van der Waals surface area contributed by atoms with Crippen molar-refractivity contribution >= 4 is 34.4 Å². The molecule has 0 saturated heterocycles. The van der Waals surface area contributed by atoms with Crippen LogP contribution in [-0.4, -0.2) is 5.11 Å². The van der Waals surface area contributed by atoms with Crippen molar-refractivity contribution in [2.75, 3.05) is 5.32 Å². The van der Waals surface area contributed by atoms with E-state index in [-0.39, 0.29) is 6.04 Å². The Balaban J connectivity index is 1.95. The molecular formula is C15H18N2S2. The Hall–Kier alpha value is -1.39. The van der Waals surface area contributed by atoms with Crippen LogP contribution in [0.4, 0.5) is 5.69 Å². The lowest BCUT2D eigenvalue weighted by atomic mass is 10.1. The van der Waals surface area contributed by atoms with Crippen LogP contribution in [0.3, 0.4) is 0 Å². The normalized spacial score (nSPS) is 11.9. The van der Waals surface area contributed by atoms with Gasteiger partial charge in [-0.25, -0.2) is 0 Å². The summed E-state index contributed by atoms with van der Waals surface area (Å²) in [6, 6.07) is 10.7. The van der Waals surface area contributed by atoms with Gasteiger partial charge in [-0.05, 0) is 67.7 Å². The zero-order valence-electron chi connectivity index (χ0n) is 11.4. The van der Waals surface area contributed by atoms with E-state index in [2.05, 4.69) is 61.1 Å². The van der Waals surface area contributed by atoms with E-state index in [0.717, 1.165) is 5.69 Å². The second kappa shape index (κ2) is 6.17. The smallest absolute Gasteiger partial charge is 0.171 e. The molecule has 2 aromatic rings. The van der Waals surface area contributed by atoms with Crippen LogP contribution >= 0.6 is 23.6 Å². The van der Waals surface area contributed by atoms with E-state index < -0.39 is 0 Å². The predicted octanol–water partition coefficient (Wildman–Crippen LogP) is 4.41. The Labute approximate surface area is 123 Å². The number of benzene rings is 1. The van der Waals surface area contributed by atoms with Crippen molar-refractivity contribution in [3.8, 4) is 0 Å². The van der Waals surface area contributed by atoms with E-state index in [1.54, 1.807) is 11.3 Å². The van der Waals surface area contributed by atoms with Crippen molar-refractivity contribution in [2.45, 2.75) is 26.8 Å². The first-order valence-electron chi connectivity index (χ1n) is 6.24. The molecule has 19 heavy (non-hydrogen) atoms. The van der Waals surface area contributed by atoms with Crippen molar-refractivity contribution in [1.29, 1.82) is 0 Å². The fourth-order valence-electron chi connectivity index (χ4n) is 1.79. The molecule has 2 rings (SSSR count). The van der Waals surface area contributed by atoms with Crippen molar-refractivity contribution < 1.29 is 0 Å². The molecule has 0 saturated carbocycles. The minimum absolute atomic E-state index is 0.228. The molecule has 4 heteroatoms. The number of thiocarbonyl (C=S) groups is 1. The van der Waals surface area contributed by atoms with Gasteiger partial charge in [-0.2, -0.15) is 0 Å². The number of hydrogen-bond donors (Lipinski definition) is 2. The van der Waals surface area contributed by atoms with E-state index in [0.29, 0.717) is 5.11 Å². The van der Waals surface area contributed by atoms with E-state index in [9.17, 15) is 0 Å². The first-order chi connectivity index (χ1) is 9.06. The largest absolute Gasteiger partial charge is 0.355 e. The molecule has 100 valence electrons. The van der Waals surface area contributed by atoms with Gasteiger partial charge in [0.05, 0.1) is 6.04 Å². The molecule has 2 nitrogen and oxygen atoms in total. The van der Waals surface area contributed by atoms with Gasteiger partial charge < -0.3 is 10.6 Å². The van der Waals surface area contributed by atoms with Crippen LogP contribution in [0.1, 0.15) is 29.0 Å². The Bertz CT molecular complexity index is 562. The van der Waals surface area contributed by atoms with E-state index in [1.165, 1.54) is 16.0 Å². The van der Waals surface area contributed by atoms with Gasteiger partial charge in [0.15, 0.2) is 5.11 Å². The molecule has 0 aliphatic carbocycles. The minimum Gasteiger partial charge on any atom is -0.355 e. The summed E-state index contributed by atoms with van der Waals surface area (Å²) in [6.07, 6.45) is 0. The zero-order valence-corrected chi connectivity index (χ0v) is 13.0. The van der Waals surface area contributed by atoms with E-state index in [4.69, 9.17) is 12.2 Å². The topological polar surface area (TPSA) is 24.1 Å². The molecule has 0 radical (unpaired) electrons. The summed E-state index contributed by atoms with van der Waals surface area (Å²) < 4.78 is 0. The maximum absolute atomic E-state index is 5.34. The first kappa shape index (κ1) is 14.0. The summed E-state index contributed by atoms with van der Waals surface area (Å²) in [7, 11) is 0. The SMILES string of the molecule is Cc1ccc(NC(=S)N[C@@H](C)c2cccs2)cc1C. The van der Waals surface area contributed by atoms with Crippen LogP contribution in [0.25, 0.3) is 0 Å². The average Bonchev–Trinajstić information content (AvgIpc) is 2.87. The summed E-state index contributed by atoms with van der Waals surface area (Å²) in [5, 5.41) is 9.26. The second-order valence-corrected chi connectivity index (χ2v) is 6.02. The van der Waals surface area contributed by atoms with Crippen LogP contribution in [0.5, 0.6) is 0 Å². The summed E-state index contributed by atoms with van der Waals surface area (Å²) in [6.45, 7) is 6.32. The zero-order chi connectivity index (χ0) is 13.8. The highest BCUT2D eigenvalue weighted by Crippen LogP contribution is 2.19. The minimum atomic E-state index is 0.228. The quantitative estimate of drug-likeness (QED) is 0.819. The third-order valence-corrected chi connectivity index (χ3v) is 4.36. The molecule has 0 bridgehead atoms. The first-order valence-corrected chi connectivity index (χ1v) is 7.53. The Morgan fingerprint density at radius 3 is 2.63 bits per heavy atom.